The van der Waals surface area contributed by atoms with Gasteiger partial charge in [-0.15, -0.1) is 12.4 Å². The zero-order valence-corrected chi connectivity index (χ0v) is 15.4. The van der Waals surface area contributed by atoms with E-state index in [0.29, 0.717) is 17.3 Å². The van der Waals surface area contributed by atoms with Crippen molar-refractivity contribution in [3.05, 3.63) is 41.2 Å². The molecule has 0 atom stereocenters. The molecule has 1 aromatic heterocycles. The molecule has 1 aromatic carbocycles. The van der Waals surface area contributed by atoms with Gasteiger partial charge in [-0.25, -0.2) is 0 Å². The van der Waals surface area contributed by atoms with E-state index in [1.165, 1.54) is 12.8 Å². The number of amides is 1. The Kier molecular flexibility index (Phi) is 4.95. The van der Waals surface area contributed by atoms with Crippen LogP contribution in [0.3, 0.4) is 0 Å². The Bertz CT molecular complexity index is 757. The first-order valence-corrected chi connectivity index (χ1v) is 8.03. The van der Waals surface area contributed by atoms with Crippen molar-refractivity contribution < 1.29 is 4.79 Å². The summed E-state index contributed by atoms with van der Waals surface area (Å²) < 4.78 is 1.99. The van der Waals surface area contributed by atoms with Crippen LogP contribution in [0.25, 0.3) is 0 Å². The van der Waals surface area contributed by atoms with Crippen LogP contribution in [0.4, 0.5) is 11.4 Å². The monoisotopic (exact) mass is 348 g/mol. The van der Waals surface area contributed by atoms with E-state index in [1.807, 2.05) is 29.8 Å². The number of hydrogen-bond donors (Lipinski definition) is 2. The Morgan fingerprint density at radius 3 is 2.54 bits per heavy atom. The predicted octanol–water partition coefficient (Wildman–Crippen LogP) is 4.08. The molecule has 0 saturated heterocycles. The van der Waals surface area contributed by atoms with E-state index in [1.54, 1.807) is 6.07 Å². The van der Waals surface area contributed by atoms with E-state index >= 15 is 0 Å². The van der Waals surface area contributed by atoms with Crippen LogP contribution in [0.5, 0.6) is 0 Å². The van der Waals surface area contributed by atoms with Gasteiger partial charge in [-0.3, -0.25) is 9.48 Å². The van der Waals surface area contributed by atoms with Crippen molar-refractivity contribution in [2.75, 3.05) is 11.1 Å². The lowest BCUT2D eigenvalue weighted by atomic mass is 10.1. The molecule has 0 unspecified atom stereocenters. The van der Waals surface area contributed by atoms with E-state index in [-0.39, 0.29) is 23.9 Å². The largest absolute Gasteiger partial charge is 0.399 e. The summed E-state index contributed by atoms with van der Waals surface area (Å²) >= 11 is 0. The number of benzene rings is 1. The number of carbonyl (C=O) groups excluding carboxylic acids is 1. The van der Waals surface area contributed by atoms with Crippen molar-refractivity contribution in [1.82, 2.24) is 9.78 Å². The molecule has 1 amide bonds. The molecule has 0 spiro atoms. The maximum Gasteiger partial charge on any atom is 0.276 e. The molecule has 1 aliphatic rings. The summed E-state index contributed by atoms with van der Waals surface area (Å²) in [7, 11) is 0. The molecule has 24 heavy (non-hydrogen) atoms. The highest BCUT2D eigenvalue weighted by Crippen LogP contribution is 2.41. The Balaban J connectivity index is 0.00000208. The van der Waals surface area contributed by atoms with Crippen LogP contribution in [0.15, 0.2) is 24.3 Å². The third-order valence-corrected chi connectivity index (χ3v) is 4.11. The highest BCUT2D eigenvalue weighted by molar-refractivity contribution is 6.03. The molecular weight excluding hydrogens is 324 g/mol. The van der Waals surface area contributed by atoms with E-state index in [4.69, 9.17) is 5.73 Å². The number of halogens is 1. The molecule has 3 N–H and O–H groups in total. The van der Waals surface area contributed by atoms with Gasteiger partial charge in [-0.2, -0.15) is 5.10 Å². The number of carbonyl (C=O) groups is 1. The minimum Gasteiger partial charge on any atom is -0.399 e. The van der Waals surface area contributed by atoms with Gasteiger partial charge in [-0.1, -0.05) is 6.07 Å². The third-order valence-electron chi connectivity index (χ3n) is 4.11. The van der Waals surface area contributed by atoms with Gasteiger partial charge >= 0.3 is 0 Å². The van der Waals surface area contributed by atoms with Crippen LogP contribution in [0.1, 0.15) is 61.3 Å². The fourth-order valence-corrected chi connectivity index (χ4v) is 2.67. The zero-order chi connectivity index (χ0) is 16.8. The second kappa shape index (κ2) is 6.48. The van der Waals surface area contributed by atoms with Crippen LogP contribution < -0.4 is 11.1 Å². The molecule has 0 radical (unpaired) electrons. The van der Waals surface area contributed by atoms with E-state index in [9.17, 15) is 4.79 Å². The number of aromatic nitrogens is 2. The van der Waals surface area contributed by atoms with Crippen LogP contribution in [-0.2, 0) is 5.54 Å². The molecule has 0 aliphatic heterocycles. The lowest BCUT2D eigenvalue weighted by Gasteiger charge is -2.22. The van der Waals surface area contributed by atoms with Gasteiger partial charge < -0.3 is 11.1 Å². The minimum absolute atomic E-state index is 0. The van der Waals surface area contributed by atoms with Crippen molar-refractivity contribution in [3.63, 3.8) is 0 Å². The van der Waals surface area contributed by atoms with Gasteiger partial charge in [0.25, 0.3) is 5.91 Å². The van der Waals surface area contributed by atoms with Crippen molar-refractivity contribution in [3.8, 4) is 0 Å². The van der Waals surface area contributed by atoms with Gasteiger partial charge in [0.15, 0.2) is 5.69 Å². The molecule has 6 heteroatoms. The average Bonchev–Trinajstić information content (AvgIpc) is 3.19. The third kappa shape index (κ3) is 3.73. The van der Waals surface area contributed by atoms with Gasteiger partial charge in [0.1, 0.15) is 0 Å². The van der Waals surface area contributed by atoms with Crippen molar-refractivity contribution in [2.24, 2.45) is 0 Å². The SMILES string of the molecule is Cc1ccc(N)cc1NC(=O)c1cc(C2CC2)n(C(C)(C)C)n1.Cl. The molecule has 130 valence electrons. The Labute approximate surface area is 149 Å². The maximum atomic E-state index is 12.6. The number of nitrogens with one attached hydrogen (secondary N) is 1. The maximum absolute atomic E-state index is 12.6. The van der Waals surface area contributed by atoms with Gasteiger partial charge in [0, 0.05) is 23.0 Å². The molecule has 3 rings (SSSR count). The van der Waals surface area contributed by atoms with Crippen LogP contribution >= 0.6 is 12.4 Å². The van der Waals surface area contributed by atoms with Crippen molar-refractivity contribution >= 4 is 29.7 Å². The topological polar surface area (TPSA) is 72.9 Å². The zero-order valence-electron chi connectivity index (χ0n) is 14.6. The Morgan fingerprint density at radius 1 is 1.29 bits per heavy atom. The second-order valence-corrected chi connectivity index (χ2v) is 7.34. The van der Waals surface area contributed by atoms with Crippen molar-refractivity contribution in [1.29, 1.82) is 0 Å². The van der Waals surface area contributed by atoms with Crippen LogP contribution in [0.2, 0.25) is 0 Å². The summed E-state index contributed by atoms with van der Waals surface area (Å²) in [6.07, 6.45) is 2.36. The highest BCUT2D eigenvalue weighted by Gasteiger charge is 2.32. The Morgan fingerprint density at radius 2 is 1.96 bits per heavy atom. The van der Waals surface area contributed by atoms with E-state index in [2.05, 4.69) is 31.2 Å². The minimum atomic E-state index is -0.191. The standard InChI is InChI=1S/C18H24N4O.ClH/c1-11-5-8-13(19)9-14(11)20-17(23)15-10-16(12-6-7-12)22(21-15)18(2,3)4;/h5,8-10,12H,6-7,19H2,1-4H3,(H,20,23);1H. The second-order valence-electron chi connectivity index (χ2n) is 7.34. The summed E-state index contributed by atoms with van der Waals surface area (Å²) in [5.74, 6) is 0.348. The molecule has 2 aromatic rings. The number of rotatable bonds is 3. The number of nitrogens with zero attached hydrogens (tertiary/aromatic N) is 2. The van der Waals surface area contributed by atoms with Crippen LogP contribution in [-0.4, -0.2) is 15.7 Å². The number of nitrogens with two attached hydrogens (primary N) is 1. The highest BCUT2D eigenvalue weighted by atomic mass is 35.5. The average molecular weight is 349 g/mol. The quantitative estimate of drug-likeness (QED) is 0.821. The molecule has 0 bridgehead atoms. The Hall–Kier alpha value is -2.01. The summed E-state index contributed by atoms with van der Waals surface area (Å²) in [5.41, 5.74) is 9.63. The van der Waals surface area contributed by atoms with E-state index in [0.717, 1.165) is 16.9 Å². The molecular formula is C18H25ClN4O. The first kappa shape index (κ1) is 18.3. The summed E-state index contributed by atoms with van der Waals surface area (Å²) in [5, 5.41) is 7.49. The molecule has 1 aliphatic carbocycles. The van der Waals surface area contributed by atoms with Crippen molar-refractivity contribution in [2.45, 2.75) is 52.0 Å². The number of nitrogen functional groups attached to an aromatic ring is 1. The summed E-state index contributed by atoms with van der Waals surface area (Å²) in [6, 6.07) is 7.43. The normalized spacial score (nSPS) is 14.2. The van der Waals surface area contributed by atoms with Gasteiger partial charge in [0.05, 0.1) is 5.54 Å². The number of hydrogen-bond acceptors (Lipinski definition) is 3. The first-order valence-electron chi connectivity index (χ1n) is 8.03. The van der Waals surface area contributed by atoms with Crippen LogP contribution in [0, 0.1) is 6.92 Å². The summed E-state index contributed by atoms with van der Waals surface area (Å²) in [4.78, 5) is 12.6. The number of aryl methyl sites for hydroxylation is 1. The summed E-state index contributed by atoms with van der Waals surface area (Å²) in [6.45, 7) is 8.26. The first-order chi connectivity index (χ1) is 10.8. The van der Waals surface area contributed by atoms with Gasteiger partial charge in [0.2, 0.25) is 0 Å². The lowest BCUT2D eigenvalue weighted by Crippen LogP contribution is -2.25. The number of anilines is 2. The molecule has 1 saturated carbocycles. The fourth-order valence-electron chi connectivity index (χ4n) is 2.67. The molecule has 1 heterocycles. The predicted molar refractivity (Wildman–Crippen MR) is 100.0 cm³/mol. The lowest BCUT2D eigenvalue weighted by molar-refractivity contribution is 0.102. The fraction of sp³-hybridized carbons (Fsp3) is 0.444. The molecule has 5 nitrogen and oxygen atoms in total. The smallest absolute Gasteiger partial charge is 0.276 e. The van der Waals surface area contributed by atoms with Gasteiger partial charge in [-0.05, 0) is 64.3 Å². The molecule has 1 fully saturated rings. The van der Waals surface area contributed by atoms with E-state index < -0.39 is 0 Å².